The van der Waals surface area contributed by atoms with Crippen LogP contribution in [0.3, 0.4) is 0 Å². The van der Waals surface area contributed by atoms with Gasteiger partial charge in [0, 0.05) is 24.5 Å². The molecule has 2 heterocycles. The lowest BCUT2D eigenvalue weighted by molar-refractivity contribution is 1.22. The van der Waals surface area contributed by atoms with Gasteiger partial charge in [0.05, 0.1) is 0 Å². The van der Waals surface area contributed by atoms with Gasteiger partial charge in [-0.2, -0.15) is 0 Å². The van der Waals surface area contributed by atoms with Gasteiger partial charge in [-0.15, -0.1) is 0 Å². The molecule has 0 unspecified atom stereocenters. The molecule has 0 saturated carbocycles. The van der Waals surface area contributed by atoms with Crippen molar-refractivity contribution in [3.63, 3.8) is 0 Å². The molecule has 4 heteroatoms. The molecule has 0 fully saturated rings. The van der Waals surface area contributed by atoms with E-state index in [1.807, 2.05) is 0 Å². The number of aromatic amines is 2. The summed E-state index contributed by atoms with van der Waals surface area (Å²) < 4.78 is 0. The molecule has 0 saturated heterocycles. The first-order chi connectivity index (χ1) is 6.75. The van der Waals surface area contributed by atoms with E-state index >= 15 is 0 Å². The van der Waals surface area contributed by atoms with Crippen LogP contribution in [0, 0.1) is 0 Å². The van der Waals surface area contributed by atoms with E-state index < -0.39 is 0 Å². The first-order valence-corrected chi connectivity index (χ1v) is 4.13. The lowest BCUT2D eigenvalue weighted by atomic mass is 10.1. The quantitative estimate of drug-likeness (QED) is 0.692. The summed E-state index contributed by atoms with van der Waals surface area (Å²) in [6.07, 6.45) is 3.11. The smallest absolute Gasteiger partial charge is 0.248 e. The number of pyridine rings is 2. The van der Waals surface area contributed by atoms with Crippen LogP contribution in [-0.2, 0) is 0 Å². The average molecular weight is 188 g/mol. The minimum atomic E-state index is -0.178. The van der Waals surface area contributed by atoms with Crippen molar-refractivity contribution in [1.82, 2.24) is 9.97 Å². The second-order valence-corrected chi connectivity index (χ2v) is 2.88. The highest BCUT2D eigenvalue weighted by Crippen LogP contribution is 2.13. The first-order valence-electron chi connectivity index (χ1n) is 4.13. The van der Waals surface area contributed by atoms with Gasteiger partial charge in [0.1, 0.15) is 0 Å². The highest BCUT2D eigenvalue weighted by atomic mass is 16.1. The summed E-state index contributed by atoms with van der Waals surface area (Å²) in [5.41, 5.74) is 1.12. The highest BCUT2D eigenvalue weighted by molar-refractivity contribution is 5.61. The van der Waals surface area contributed by atoms with E-state index in [1.165, 1.54) is 12.1 Å². The van der Waals surface area contributed by atoms with E-state index in [2.05, 4.69) is 9.97 Å². The zero-order chi connectivity index (χ0) is 9.97. The Labute approximate surface area is 79.3 Å². The summed E-state index contributed by atoms with van der Waals surface area (Å²) in [6, 6.07) is 6.40. The lowest BCUT2D eigenvalue weighted by Gasteiger charge is -1.98. The Bertz CT molecular complexity index is 503. The molecule has 0 amide bonds. The van der Waals surface area contributed by atoms with Gasteiger partial charge in [-0.05, 0) is 23.3 Å². The zero-order valence-electron chi connectivity index (χ0n) is 7.28. The maximum absolute atomic E-state index is 11.0. The summed E-state index contributed by atoms with van der Waals surface area (Å²) >= 11 is 0. The van der Waals surface area contributed by atoms with Crippen LogP contribution in [0.15, 0.2) is 46.2 Å². The molecule has 2 aromatic heterocycles. The summed E-state index contributed by atoms with van der Waals surface area (Å²) in [5.74, 6) is 0. The largest absolute Gasteiger partial charge is 0.329 e. The Morgan fingerprint density at radius 2 is 1.21 bits per heavy atom. The second kappa shape index (κ2) is 3.33. The SMILES string of the molecule is O=c1cc(-c2cc[nH]c(=O)c2)cc[nH]1. The predicted molar refractivity (Wildman–Crippen MR) is 53.1 cm³/mol. The van der Waals surface area contributed by atoms with Crippen LogP contribution >= 0.6 is 0 Å². The molecule has 70 valence electrons. The fraction of sp³-hybridized carbons (Fsp3) is 0. The molecule has 0 aliphatic heterocycles. The fourth-order valence-corrected chi connectivity index (χ4v) is 1.25. The number of hydrogen-bond donors (Lipinski definition) is 2. The molecule has 0 aliphatic rings. The molecule has 2 rings (SSSR count). The lowest BCUT2D eigenvalue weighted by Crippen LogP contribution is -2.05. The van der Waals surface area contributed by atoms with Crippen LogP contribution in [-0.4, -0.2) is 9.97 Å². The molecule has 0 spiro atoms. The van der Waals surface area contributed by atoms with Crippen molar-refractivity contribution in [3.05, 3.63) is 57.4 Å². The zero-order valence-corrected chi connectivity index (χ0v) is 7.28. The van der Waals surface area contributed by atoms with Crippen molar-refractivity contribution < 1.29 is 0 Å². The first kappa shape index (κ1) is 8.50. The molecule has 0 bridgehead atoms. The summed E-state index contributed by atoms with van der Waals surface area (Å²) in [6.45, 7) is 0. The van der Waals surface area contributed by atoms with Gasteiger partial charge in [0.2, 0.25) is 11.1 Å². The van der Waals surface area contributed by atoms with Crippen molar-refractivity contribution in [2.75, 3.05) is 0 Å². The van der Waals surface area contributed by atoms with E-state index in [0.29, 0.717) is 0 Å². The molecular weight excluding hydrogens is 180 g/mol. The van der Waals surface area contributed by atoms with E-state index in [9.17, 15) is 9.59 Å². The minimum absolute atomic E-state index is 0.178. The topological polar surface area (TPSA) is 65.7 Å². The Kier molecular flexibility index (Phi) is 2.02. The average Bonchev–Trinajstić information content (AvgIpc) is 2.18. The van der Waals surface area contributed by atoms with Crippen molar-refractivity contribution >= 4 is 0 Å². The number of H-pyrrole nitrogens is 2. The predicted octanol–water partition coefficient (Wildman–Crippen LogP) is 0.730. The minimum Gasteiger partial charge on any atom is -0.329 e. The van der Waals surface area contributed by atoms with Crippen LogP contribution in [0.25, 0.3) is 11.1 Å². The molecule has 4 nitrogen and oxygen atoms in total. The Morgan fingerprint density at radius 1 is 0.786 bits per heavy atom. The van der Waals surface area contributed by atoms with Gasteiger partial charge in [-0.25, -0.2) is 0 Å². The molecule has 2 N–H and O–H groups in total. The van der Waals surface area contributed by atoms with Crippen LogP contribution in [0.4, 0.5) is 0 Å². The number of rotatable bonds is 1. The Morgan fingerprint density at radius 3 is 1.57 bits per heavy atom. The molecule has 0 aliphatic carbocycles. The summed E-state index contributed by atoms with van der Waals surface area (Å²) in [7, 11) is 0. The van der Waals surface area contributed by atoms with Crippen molar-refractivity contribution in [1.29, 1.82) is 0 Å². The van der Waals surface area contributed by atoms with Crippen molar-refractivity contribution in [3.8, 4) is 11.1 Å². The van der Waals surface area contributed by atoms with Gasteiger partial charge in [0.15, 0.2) is 0 Å². The third-order valence-electron chi connectivity index (χ3n) is 1.88. The number of nitrogens with one attached hydrogen (secondary N) is 2. The second-order valence-electron chi connectivity index (χ2n) is 2.88. The molecule has 0 aromatic carbocycles. The van der Waals surface area contributed by atoms with Crippen molar-refractivity contribution in [2.45, 2.75) is 0 Å². The van der Waals surface area contributed by atoms with Crippen molar-refractivity contribution in [2.24, 2.45) is 0 Å². The highest BCUT2D eigenvalue weighted by Gasteiger charge is 1.97. The standard InChI is InChI=1S/C10H8N2O2/c13-9-5-7(1-3-11-9)8-2-4-12-10(14)6-8/h1-6H,(H,11,13)(H,12,14). The molecule has 2 aromatic rings. The summed E-state index contributed by atoms with van der Waals surface area (Å²) in [5, 5.41) is 0. The summed E-state index contributed by atoms with van der Waals surface area (Å²) in [4.78, 5) is 27.0. The fourth-order valence-electron chi connectivity index (χ4n) is 1.25. The van der Waals surface area contributed by atoms with Crippen LogP contribution in [0.1, 0.15) is 0 Å². The monoisotopic (exact) mass is 188 g/mol. The van der Waals surface area contributed by atoms with E-state index in [0.717, 1.165) is 11.1 Å². The maximum Gasteiger partial charge on any atom is 0.248 e. The third kappa shape index (κ3) is 1.64. The molecule has 0 radical (unpaired) electrons. The Balaban J connectivity index is 2.60. The van der Waals surface area contributed by atoms with E-state index in [4.69, 9.17) is 0 Å². The van der Waals surface area contributed by atoms with Gasteiger partial charge in [-0.1, -0.05) is 0 Å². The normalized spacial score (nSPS) is 10.0. The molecular formula is C10H8N2O2. The third-order valence-corrected chi connectivity index (χ3v) is 1.88. The van der Waals surface area contributed by atoms with Crippen LogP contribution in [0.2, 0.25) is 0 Å². The van der Waals surface area contributed by atoms with E-state index in [1.54, 1.807) is 24.5 Å². The van der Waals surface area contributed by atoms with Gasteiger partial charge >= 0.3 is 0 Å². The van der Waals surface area contributed by atoms with Gasteiger partial charge < -0.3 is 9.97 Å². The maximum atomic E-state index is 11.0. The molecule has 0 atom stereocenters. The Hall–Kier alpha value is -2.10. The number of hydrogen-bond acceptors (Lipinski definition) is 2. The van der Waals surface area contributed by atoms with Crippen LogP contribution < -0.4 is 11.1 Å². The van der Waals surface area contributed by atoms with E-state index in [-0.39, 0.29) is 11.1 Å². The van der Waals surface area contributed by atoms with Crippen LogP contribution in [0.5, 0.6) is 0 Å². The van der Waals surface area contributed by atoms with Gasteiger partial charge in [0.25, 0.3) is 0 Å². The van der Waals surface area contributed by atoms with Gasteiger partial charge in [-0.3, -0.25) is 9.59 Å². The molecule has 14 heavy (non-hydrogen) atoms. The number of aromatic nitrogens is 2.